The second-order valence-corrected chi connectivity index (χ2v) is 6.76. The third-order valence-corrected chi connectivity index (χ3v) is 4.92. The molecule has 1 N–H and O–H groups in total. The van der Waals surface area contributed by atoms with Crippen molar-refractivity contribution < 1.29 is 9.53 Å². The van der Waals surface area contributed by atoms with Crippen molar-refractivity contribution in [3.63, 3.8) is 0 Å². The molecule has 0 aliphatic rings. The first kappa shape index (κ1) is 18.6. The summed E-state index contributed by atoms with van der Waals surface area (Å²) in [6, 6.07) is 17.4. The summed E-state index contributed by atoms with van der Waals surface area (Å²) in [6.07, 6.45) is 5.26. The van der Waals surface area contributed by atoms with Crippen molar-refractivity contribution in [1.29, 1.82) is 0 Å². The van der Waals surface area contributed by atoms with Gasteiger partial charge in [-0.25, -0.2) is 4.98 Å². The molecule has 0 saturated carbocycles. The maximum absolute atomic E-state index is 13.1. The third-order valence-electron chi connectivity index (χ3n) is 4.92. The van der Waals surface area contributed by atoms with Gasteiger partial charge in [-0.2, -0.15) is 0 Å². The van der Waals surface area contributed by atoms with Gasteiger partial charge in [-0.15, -0.1) is 0 Å². The number of rotatable bonds is 5. The Kier molecular flexibility index (Phi) is 4.91. The number of amides is 1. The fourth-order valence-corrected chi connectivity index (χ4v) is 3.54. The van der Waals surface area contributed by atoms with Crippen molar-refractivity contribution in [2.45, 2.75) is 13.8 Å². The molecule has 0 saturated heterocycles. The molecule has 4 aromatic rings. The molecule has 0 fully saturated rings. The standard InChI is InChI=1S/C23H22N4O2/c1-16-13-20(17(2)27(16)18-7-6-8-19(14-18)29-3)23(28)25-21-9-4-5-10-22(21)26-12-11-24-15-26/h4-15H,1-3H3,(H,25,28). The lowest BCUT2D eigenvalue weighted by Gasteiger charge is -2.13. The highest BCUT2D eigenvalue weighted by atomic mass is 16.5. The van der Waals surface area contributed by atoms with E-state index in [0.29, 0.717) is 5.56 Å². The number of methoxy groups -OCH3 is 1. The van der Waals surface area contributed by atoms with Crippen LogP contribution in [0.15, 0.2) is 73.3 Å². The molecule has 0 bridgehead atoms. The molecule has 0 aliphatic heterocycles. The number of ether oxygens (including phenoxy) is 1. The van der Waals surface area contributed by atoms with Crippen LogP contribution in [-0.2, 0) is 0 Å². The van der Waals surface area contributed by atoms with Crippen LogP contribution in [0, 0.1) is 13.8 Å². The molecule has 0 unspecified atom stereocenters. The monoisotopic (exact) mass is 386 g/mol. The Morgan fingerprint density at radius 1 is 1.07 bits per heavy atom. The van der Waals surface area contributed by atoms with Crippen LogP contribution in [0.2, 0.25) is 0 Å². The molecule has 1 amide bonds. The number of nitrogens with one attached hydrogen (secondary N) is 1. The van der Waals surface area contributed by atoms with Gasteiger partial charge in [0.05, 0.1) is 30.4 Å². The Morgan fingerprint density at radius 2 is 1.90 bits per heavy atom. The third kappa shape index (κ3) is 3.52. The molecule has 2 aromatic heterocycles. The van der Waals surface area contributed by atoms with E-state index in [4.69, 9.17) is 4.74 Å². The van der Waals surface area contributed by atoms with Gasteiger partial charge in [-0.1, -0.05) is 18.2 Å². The Hall–Kier alpha value is -3.80. The summed E-state index contributed by atoms with van der Waals surface area (Å²) in [5, 5.41) is 3.04. The van der Waals surface area contributed by atoms with Crippen molar-refractivity contribution in [2.24, 2.45) is 0 Å². The van der Waals surface area contributed by atoms with E-state index in [2.05, 4.69) is 14.9 Å². The predicted octanol–water partition coefficient (Wildman–Crippen LogP) is 4.54. The lowest BCUT2D eigenvalue weighted by atomic mass is 10.2. The van der Waals surface area contributed by atoms with Crippen LogP contribution in [0.3, 0.4) is 0 Å². The summed E-state index contributed by atoms with van der Waals surface area (Å²) < 4.78 is 9.26. The first-order valence-electron chi connectivity index (χ1n) is 9.30. The van der Waals surface area contributed by atoms with Crippen LogP contribution in [-0.4, -0.2) is 27.1 Å². The number of hydrogen-bond donors (Lipinski definition) is 1. The maximum Gasteiger partial charge on any atom is 0.257 e. The minimum absolute atomic E-state index is 0.153. The van der Waals surface area contributed by atoms with Crippen LogP contribution < -0.4 is 10.1 Å². The van der Waals surface area contributed by atoms with Gasteiger partial charge in [0, 0.05) is 35.5 Å². The molecule has 0 atom stereocenters. The Bertz CT molecular complexity index is 1160. The number of hydrogen-bond acceptors (Lipinski definition) is 3. The van der Waals surface area contributed by atoms with Gasteiger partial charge < -0.3 is 19.2 Å². The number of aryl methyl sites for hydroxylation is 1. The van der Waals surface area contributed by atoms with Gasteiger partial charge >= 0.3 is 0 Å². The SMILES string of the molecule is COc1cccc(-n2c(C)cc(C(=O)Nc3ccccc3-n3ccnc3)c2C)c1. The molecule has 6 nitrogen and oxygen atoms in total. The van der Waals surface area contributed by atoms with Gasteiger partial charge in [0.15, 0.2) is 0 Å². The molecular weight excluding hydrogens is 364 g/mol. The maximum atomic E-state index is 13.1. The zero-order chi connectivity index (χ0) is 20.4. The highest BCUT2D eigenvalue weighted by Crippen LogP contribution is 2.26. The molecule has 146 valence electrons. The van der Waals surface area contributed by atoms with Crippen LogP contribution in [0.4, 0.5) is 5.69 Å². The summed E-state index contributed by atoms with van der Waals surface area (Å²) in [5.74, 6) is 0.620. The summed E-state index contributed by atoms with van der Waals surface area (Å²) in [5.41, 5.74) is 5.02. The van der Waals surface area contributed by atoms with E-state index >= 15 is 0 Å². The van der Waals surface area contributed by atoms with Gasteiger partial charge in [0.25, 0.3) is 5.91 Å². The molecule has 4 rings (SSSR count). The number of benzene rings is 2. The Morgan fingerprint density at radius 3 is 2.66 bits per heavy atom. The average molecular weight is 386 g/mol. The van der Waals surface area contributed by atoms with E-state index < -0.39 is 0 Å². The Balaban J connectivity index is 1.68. The molecule has 0 radical (unpaired) electrons. The van der Waals surface area contributed by atoms with Gasteiger partial charge in [0.1, 0.15) is 5.75 Å². The smallest absolute Gasteiger partial charge is 0.257 e. The van der Waals surface area contributed by atoms with Crippen molar-refractivity contribution in [3.8, 4) is 17.1 Å². The number of nitrogens with zero attached hydrogens (tertiary/aromatic N) is 3. The number of anilines is 1. The summed E-state index contributed by atoms with van der Waals surface area (Å²) in [4.78, 5) is 17.2. The van der Waals surface area contributed by atoms with Crippen LogP contribution in [0.1, 0.15) is 21.7 Å². The summed E-state index contributed by atoms with van der Waals surface area (Å²) >= 11 is 0. The quantitative estimate of drug-likeness (QED) is 0.548. The Labute approximate surface area is 169 Å². The molecule has 0 spiro atoms. The molecule has 29 heavy (non-hydrogen) atoms. The van der Waals surface area contributed by atoms with E-state index in [0.717, 1.165) is 34.2 Å². The normalized spacial score (nSPS) is 10.7. The number of para-hydroxylation sites is 2. The number of imidazole rings is 1. The first-order chi connectivity index (χ1) is 14.1. The van der Waals surface area contributed by atoms with Crippen LogP contribution in [0.5, 0.6) is 5.75 Å². The number of aromatic nitrogens is 3. The summed E-state index contributed by atoms with van der Waals surface area (Å²) in [7, 11) is 1.64. The van der Waals surface area contributed by atoms with Gasteiger partial charge in [-0.3, -0.25) is 4.79 Å². The second-order valence-electron chi connectivity index (χ2n) is 6.76. The minimum Gasteiger partial charge on any atom is -0.497 e. The van der Waals surface area contributed by atoms with Crippen molar-refractivity contribution in [2.75, 3.05) is 12.4 Å². The largest absolute Gasteiger partial charge is 0.497 e. The van der Waals surface area contributed by atoms with E-state index in [1.807, 2.05) is 79.2 Å². The zero-order valence-electron chi connectivity index (χ0n) is 16.6. The van der Waals surface area contributed by atoms with E-state index in [-0.39, 0.29) is 5.91 Å². The van der Waals surface area contributed by atoms with Gasteiger partial charge in [-0.05, 0) is 44.2 Å². The van der Waals surface area contributed by atoms with Gasteiger partial charge in [0.2, 0.25) is 0 Å². The number of carbonyl (C=O) groups is 1. The molecular formula is C23H22N4O2. The van der Waals surface area contributed by atoms with Crippen LogP contribution >= 0.6 is 0 Å². The lowest BCUT2D eigenvalue weighted by molar-refractivity contribution is 0.102. The molecule has 2 heterocycles. The van der Waals surface area contributed by atoms with E-state index in [1.165, 1.54) is 0 Å². The molecule has 0 aliphatic carbocycles. The molecule has 6 heteroatoms. The topological polar surface area (TPSA) is 61.1 Å². The zero-order valence-corrected chi connectivity index (χ0v) is 16.6. The number of carbonyl (C=O) groups excluding carboxylic acids is 1. The highest BCUT2D eigenvalue weighted by molar-refractivity contribution is 6.06. The minimum atomic E-state index is -0.153. The second kappa shape index (κ2) is 7.67. The highest BCUT2D eigenvalue weighted by Gasteiger charge is 2.18. The fourth-order valence-electron chi connectivity index (χ4n) is 3.54. The predicted molar refractivity (Wildman–Crippen MR) is 113 cm³/mol. The fraction of sp³-hybridized carbons (Fsp3) is 0.130. The van der Waals surface area contributed by atoms with Crippen LogP contribution in [0.25, 0.3) is 11.4 Å². The molecule has 2 aromatic carbocycles. The summed E-state index contributed by atoms with van der Waals surface area (Å²) in [6.45, 7) is 3.94. The van der Waals surface area contributed by atoms with Crippen molar-refractivity contribution >= 4 is 11.6 Å². The van der Waals surface area contributed by atoms with E-state index in [1.54, 1.807) is 19.6 Å². The average Bonchev–Trinajstić information content (AvgIpc) is 3.36. The van der Waals surface area contributed by atoms with E-state index in [9.17, 15) is 4.79 Å². The lowest BCUT2D eigenvalue weighted by Crippen LogP contribution is -2.14. The van der Waals surface area contributed by atoms with Crippen molar-refractivity contribution in [1.82, 2.24) is 14.1 Å². The first-order valence-corrected chi connectivity index (χ1v) is 9.30. The van der Waals surface area contributed by atoms with Crippen molar-refractivity contribution in [3.05, 3.63) is 90.3 Å².